The maximum Gasteiger partial charge on any atom is 0.331 e. The molecule has 3 aromatic rings. The Morgan fingerprint density at radius 1 is 1.03 bits per heavy atom. The van der Waals surface area contributed by atoms with E-state index >= 15 is 0 Å². The Morgan fingerprint density at radius 3 is 2.37 bits per heavy atom. The van der Waals surface area contributed by atoms with E-state index in [1.165, 1.54) is 6.08 Å². The van der Waals surface area contributed by atoms with Gasteiger partial charge in [-0.25, -0.2) is 9.48 Å². The fraction of sp³-hybridized carbons (Fsp3) is 0.273. The maximum absolute atomic E-state index is 12.1. The van der Waals surface area contributed by atoms with E-state index in [4.69, 9.17) is 4.74 Å². The maximum atomic E-state index is 12.1. The van der Waals surface area contributed by atoms with Crippen molar-refractivity contribution in [2.45, 2.75) is 27.7 Å². The van der Waals surface area contributed by atoms with Crippen LogP contribution in [0.4, 0.5) is 5.69 Å². The number of nitrogens with one attached hydrogen (secondary N) is 1. The second-order valence-corrected chi connectivity index (χ2v) is 6.99. The first-order valence-electron chi connectivity index (χ1n) is 9.54. The molecule has 30 heavy (non-hydrogen) atoms. The molecule has 8 nitrogen and oxygen atoms in total. The van der Waals surface area contributed by atoms with E-state index in [0.29, 0.717) is 11.4 Å². The van der Waals surface area contributed by atoms with Crippen molar-refractivity contribution in [3.8, 4) is 5.69 Å². The molecule has 0 fully saturated rings. The minimum Gasteiger partial charge on any atom is -0.452 e. The number of hydrogen-bond acceptors (Lipinski definition) is 5. The zero-order chi connectivity index (χ0) is 21.8. The van der Waals surface area contributed by atoms with E-state index in [1.807, 2.05) is 55.8 Å². The average Bonchev–Trinajstić information content (AvgIpc) is 3.14. The van der Waals surface area contributed by atoms with Gasteiger partial charge in [0.05, 0.1) is 28.5 Å². The molecule has 0 aliphatic carbocycles. The molecule has 0 atom stereocenters. The number of hydrogen-bond donors (Lipinski definition) is 1. The third-order valence-corrected chi connectivity index (χ3v) is 4.85. The predicted molar refractivity (Wildman–Crippen MR) is 114 cm³/mol. The highest BCUT2D eigenvalue weighted by Crippen LogP contribution is 2.19. The Balaban J connectivity index is 1.61. The smallest absolute Gasteiger partial charge is 0.331 e. The molecule has 1 aromatic carbocycles. The fourth-order valence-corrected chi connectivity index (χ4v) is 3.18. The van der Waals surface area contributed by atoms with Gasteiger partial charge in [-0.05, 0) is 45.9 Å². The van der Waals surface area contributed by atoms with Crippen LogP contribution < -0.4 is 5.32 Å². The monoisotopic (exact) mass is 407 g/mol. The summed E-state index contributed by atoms with van der Waals surface area (Å²) in [5.41, 5.74) is 5.64. The number of aromatic nitrogens is 4. The summed E-state index contributed by atoms with van der Waals surface area (Å²) in [7, 11) is 1.80. The number of rotatable bonds is 6. The van der Waals surface area contributed by atoms with Crippen LogP contribution in [0.25, 0.3) is 11.8 Å². The Morgan fingerprint density at radius 2 is 1.73 bits per heavy atom. The first-order valence-corrected chi connectivity index (χ1v) is 9.54. The van der Waals surface area contributed by atoms with Crippen molar-refractivity contribution >= 4 is 23.6 Å². The summed E-state index contributed by atoms with van der Waals surface area (Å²) in [6, 6.07) is 9.76. The highest BCUT2D eigenvalue weighted by molar-refractivity contribution is 5.95. The van der Waals surface area contributed by atoms with Crippen LogP contribution in [0.15, 0.2) is 36.4 Å². The zero-order valence-corrected chi connectivity index (χ0v) is 17.8. The van der Waals surface area contributed by atoms with E-state index in [-0.39, 0.29) is 6.61 Å². The van der Waals surface area contributed by atoms with E-state index in [9.17, 15) is 9.59 Å². The topological polar surface area (TPSA) is 91.0 Å². The number of ether oxygens (including phenoxy) is 1. The van der Waals surface area contributed by atoms with Gasteiger partial charge >= 0.3 is 5.97 Å². The zero-order valence-electron chi connectivity index (χ0n) is 17.8. The Hall–Kier alpha value is -3.68. The quantitative estimate of drug-likeness (QED) is 0.501. The van der Waals surface area contributed by atoms with Crippen LogP contribution in [0.1, 0.15) is 28.3 Å². The lowest BCUT2D eigenvalue weighted by Gasteiger charge is -2.06. The Kier molecular flexibility index (Phi) is 6.15. The van der Waals surface area contributed by atoms with Crippen molar-refractivity contribution in [3.63, 3.8) is 0 Å². The Labute approximate surface area is 175 Å². The second kappa shape index (κ2) is 8.77. The first kappa shape index (κ1) is 21.0. The molecule has 0 saturated carbocycles. The van der Waals surface area contributed by atoms with Gasteiger partial charge in [-0.3, -0.25) is 9.48 Å². The first-order chi connectivity index (χ1) is 14.3. The van der Waals surface area contributed by atoms with Gasteiger partial charge in [-0.1, -0.05) is 18.2 Å². The number of para-hydroxylation sites is 1. The summed E-state index contributed by atoms with van der Waals surface area (Å²) in [6.07, 6.45) is 2.97. The molecule has 2 aromatic heterocycles. The van der Waals surface area contributed by atoms with Gasteiger partial charge in [-0.15, -0.1) is 0 Å². The molecule has 0 aliphatic heterocycles. The van der Waals surface area contributed by atoms with Crippen LogP contribution in [0.2, 0.25) is 0 Å². The molecule has 0 saturated heterocycles. The van der Waals surface area contributed by atoms with E-state index < -0.39 is 11.9 Å². The van der Waals surface area contributed by atoms with Gasteiger partial charge in [0.25, 0.3) is 5.91 Å². The van der Waals surface area contributed by atoms with Gasteiger partial charge in [0.15, 0.2) is 6.61 Å². The molecule has 1 N–H and O–H groups in total. The molecule has 0 radical (unpaired) electrons. The van der Waals surface area contributed by atoms with Crippen molar-refractivity contribution < 1.29 is 14.3 Å². The molecular formula is C22H25N5O3. The Bertz CT molecular complexity index is 1110. The van der Waals surface area contributed by atoms with Crippen LogP contribution in [-0.2, 0) is 21.4 Å². The molecule has 1 amide bonds. The molecule has 2 heterocycles. The molecule has 8 heteroatoms. The van der Waals surface area contributed by atoms with Gasteiger partial charge in [0.1, 0.15) is 0 Å². The lowest BCUT2D eigenvalue weighted by molar-refractivity contribution is -0.142. The molecule has 0 spiro atoms. The lowest BCUT2D eigenvalue weighted by atomic mass is 10.2. The SMILES string of the molecule is Cc1nn(-c2ccccc2)c(C)c1/C=C/C(=O)OCC(=O)Nc1c(C)nn(C)c1C. The number of amides is 1. The molecule has 0 bridgehead atoms. The van der Waals surface area contributed by atoms with Gasteiger partial charge < -0.3 is 10.1 Å². The van der Waals surface area contributed by atoms with Crippen LogP contribution in [0, 0.1) is 27.7 Å². The summed E-state index contributed by atoms with van der Waals surface area (Å²) in [4.78, 5) is 24.2. The third kappa shape index (κ3) is 4.48. The second-order valence-electron chi connectivity index (χ2n) is 6.99. The summed E-state index contributed by atoms with van der Waals surface area (Å²) >= 11 is 0. The van der Waals surface area contributed by atoms with Crippen molar-refractivity contribution in [3.05, 3.63) is 64.7 Å². The fourth-order valence-electron chi connectivity index (χ4n) is 3.18. The minimum absolute atomic E-state index is 0.377. The molecule has 0 unspecified atom stereocenters. The molecular weight excluding hydrogens is 382 g/mol. The summed E-state index contributed by atoms with van der Waals surface area (Å²) in [5.74, 6) is -1.02. The van der Waals surface area contributed by atoms with Gasteiger partial charge in [0, 0.05) is 24.4 Å². The van der Waals surface area contributed by atoms with Crippen LogP contribution in [-0.4, -0.2) is 38.0 Å². The third-order valence-electron chi connectivity index (χ3n) is 4.85. The number of nitrogens with zero attached hydrogens (tertiary/aromatic N) is 4. The van der Waals surface area contributed by atoms with Crippen molar-refractivity contribution in [1.82, 2.24) is 19.6 Å². The van der Waals surface area contributed by atoms with Crippen LogP contribution in [0.3, 0.4) is 0 Å². The highest BCUT2D eigenvalue weighted by Gasteiger charge is 2.14. The molecule has 0 aliphatic rings. The standard InChI is InChI=1S/C22H25N5O3/c1-14-19(16(3)27(25-14)18-9-7-6-8-10-18)11-12-21(29)30-13-20(28)23-22-15(2)24-26(5)17(22)4/h6-12H,13H2,1-5H3,(H,23,28)/b12-11+. The van der Waals surface area contributed by atoms with E-state index in [2.05, 4.69) is 15.5 Å². The van der Waals surface area contributed by atoms with Gasteiger partial charge in [-0.2, -0.15) is 10.2 Å². The number of carbonyl (C=O) groups is 2. The average molecular weight is 407 g/mol. The van der Waals surface area contributed by atoms with Crippen LogP contribution in [0.5, 0.6) is 0 Å². The van der Waals surface area contributed by atoms with Gasteiger partial charge in [0.2, 0.25) is 0 Å². The summed E-state index contributed by atoms with van der Waals surface area (Å²) in [6.45, 7) is 7.09. The number of carbonyl (C=O) groups excluding carboxylic acids is 2. The van der Waals surface area contributed by atoms with Crippen molar-refractivity contribution in [2.75, 3.05) is 11.9 Å². The van der Waals surface area contributed by atoms with Crippen LogP contribution >= 0.6 is 0 Å². The molecule has 3 rings (SSSR count). The van der Waals surface area contributed by atoms with E-state index in [0.717, 1.165) is 28.3 Å². The summed E-state index contributed by atoms with van der Waals surface area (Å²) in [5, 5.41) is 11.5. The predicted octanol–water partition coefficient (Wildman–Crippen LogP) is 3.03. The lowest BCUT2D eigenvalue weighted by Crippen LogP contribution is -2.20. The normalized spacial score (nSPS) is 11.1. The summed E-state index contributed by atoms with van der Waals surface area (Å²) < 4.78 is 8.57. The molecule has 156 valence electrons. The largest absolute Gasteiger partial charge is 0.452 e. The number of esters is 1. The van der Waals surface area contributed by atoms with Crippen molar-refractivity contribution in [2.24, 2.45) is 7.05 Å². The number of anilines is 1. The number of aryl methyl sites for hydroxylation is 3. The number of benzene rings is 1. The highest BCUT2D eigenvalue weighted by atomic mass is 16.5. The van der Waals surface area contributed by atoms with E-state index in [1.54, 1.807) is 24.7 Å². The van der Waals surface area contributed by atoms with Crippen molar-refractivity contribution in [1.29, 1.82) is 0 Å². The minimum atomic E-state index is -0.601.